The maximum atomic E-state index is 13.5. The molecule has 7 heteroatoms. The molecule has 0 unspecified atom stereocenters. The number of anilines is 1. The fourth-order valence-electron chi connectivity index (χ4n) is 1.92. The highest BCUT2D eigenvalue weighted by Crippen LogP contribution is 2.25. The van der Waals surface area contributed by atoms with Crippen LogP contribution < -0.4 is 14.8 Å². The van der Waals surface area contributed by atoms with Crippen molar-refractivity contribution in [3.63, 3.8) is 0 Å². The lowest BCUT2D eigenvalue weighted by molar-refractivity contribution is -0.111. The van der Waals surface area contributed by atoms with Crippen molar-refractivity contribution in [3.05, 3.63) is 59.4 Å². The standard InChI is InChI=1S/C17H14F3NO3/c1-23-11-5-3-10(14(9-11)24-2)4-8-15(22)21-13-7-6-12(18)16(19)17(13)20/h3-9H,1-2H3,(H,21,22)/b8-4+. The van der Waals surface area contributed by atoms with Crippen LogP contribution in [0, 0.1) is 17.5 Å². The second-order valence-electron chi connectivity index (χ2n) is 4.65. The maximum Gasteiger partial charge on any atom is 0.248 e. The lowest BCUT2D eigenvalue weighted by atomic mass is 10.1. The quantitative estimate of drug-likeness (QED) is 0.667. The minimum Gasteiger partial charge on any atom is -0.497 e. The molecule has 0 aliphatic carbocycles. The fraction of sp³-hybridized carbons (Fsp3) is 0.118. The summed E-state index contributed by atoms with van der Waals surface area (Å²) in [4.78, 5) is 11.8. The first-order valence-electron chi connectivity index (χ1n) is 6.81. The number of hydrogen-bond donors (Lipinski definition) is 1. The molecule has 4 nitrogen and oxygen atoms in total. The molecule has 126 valence electrons. The van der Waals surface area contributed by atoms with Crippen LogP contribution in [-0.4, -0.2) is 20.1 Å². The van der Waals surface area contributed by atoms with E-state index in [4.69, 9.17) is 9.47 Å². The van der Waals surface area contributed by atoms with Crippen LogP contribution in [0.5, 0.6) is 11.5 Å². The number of halogens is 3. The minimum atomic E-state index is -1.64. The van der Waals surface area contributed by atoms with Crippen LogP contribution in [0.2, 0.25) is 0 Å². The summed E-state index contributed by atoms with van der Waals surface area (Å²) in [6.45, 7) is 0. The van der Waals surface area contributed by atoms with Crippen molar-refractivity contribution in [2.24, 2.45) is 0 Å². The summed E-state index contributed by atoms with van der Waals surface area (Å²) >= 11 is 0. The Labute approximate surface area is 136 Å². The van der Waals surface area contributed by atoms with E-state index in [0.717, 1.165) is 18.2 Å². The van der Waals surface area contributed by atoms with Gasteiger partial charge in [-0.2, -0.15) is 0 Å². The summed E-state index contributed by atoms with van der Waals surface area (Å²) in [6, 6.07) is 6.64. The topological polar surface area (TPSA) is 47.6 Å². The fourth-order valence-corrected chi connectivity index (χ4v) is 1.92. The molecule has 0 fully saturated rings. The number of benzene rings is 2. The predicted octanol–water partition coefficient (Wildman–Crippen LogP) is 3.77. The summed E-state index contributed by atoms with van der Waals surface area (Å²) in [5, 5.41) is 2.14. The molecule has 0 bridgehead atoms. The molecule has 0 aliphatic heterocycles. The van der Waals surface area contributed by atoms with Gasteiger partial charge >= 0.3 is 0 Å². The van der Waals surface area contributed by atoms with Gasteiger partial charge in [0.25, 0.3) is 0 Å². The van der Waals surface area contributed by atoms with Gasteiger partial charge in [0.1, 0.15) is 11.5 Å². The molecule has 0 aromatic heterocycles. The molecule has 24 heavy (non-hydrogen) atoms. The maximum absolute atomic E-state index is 13.5. The molecule has 0 aliphatic rings. The van der Waals surface area contributed by atoms with Crippen LogP contribution in [0.3, 0.4) is 0 Å². The third-order valence-electron chi connectivity index (χ3n) is 3.15. The van der Waals surface area contributed by atoms with E-state index in [-0.39, 0.29) is 0 Å². The Balaban J connectivity index is 2.15. The highest BCUT2D eigenvalue weighted by atomic mass is 19.2. The Morgan fingerprint density at radius 1 is 1.04 bits per heavy atom. The van der Waals surface area contributed by atoms with E-state index < -0.39 is 29.0 Å². The van der Waals surface area contributed by atoms with E-state index in [2.05, 4.69) is 5.32 Å². The number of carbonyl (C=O) groups excluding carboxylic acids is 1. The highest BCUT2D eigenvalue weighted by molar-refractivity contribution is 6.02. The number of hydrogen-bond acceptors (Lipinski definition) is 3. The van der Waals surface area contributed by atoms with Crippen LogP contribution in [-0.2, 0) is 4.79 Å². The van der Waals surface area contributed by atoms with Crippen molar-refractivity contribution < 1.29 is 27.4 Å². The molecule has 1 N–H and O–H groups in total. The summed E-state index contributed by atoms with van der Waals surface area (Å²) in [7, 11) is 2.97. The van der Waals surface area contributed by atoms with Crippen molar-refractivity contribution >= 4 is 17.7 Å². The Bertz CT molecular complexity index is 791. The Morgan fingerprint density at radius 2 is 1.79 bits per heavy atom. The molecular weight excluding hydrogens is 323 g/mol. The number of amides is 1. The van der Waals surface area contributed by atoms with Gasteiger partial charge in [0.2, 0.25) is 5.91 Å². The smallest absolute Gasteiger partial charge is 0.248 e. The van der Waals surface area contributed by atoms with Gasteiger partial charge in [-0.25, -0.2) is 13.2 Å². The molecule has 1 amide bonds. The number of ether oxygens (including phenoxy) is 2. The first kappa shape index (κ1) is 17.4. The number of nitrogens with one attached hydrogen (secondary N) is 1. The van der Waals surface area contributed by atoms with Crippen LogP contribution in [0.1, 0.15) is 5.56 Å². The van der Waals surface area contributed by atoms with Crippen LogP contribution in [0.4, 0.5) is 18.9 Å². The van der Waals surface area contributed by atoms with Gasteiger partial charge in [0.05, 0.1) is 19.9 Å². The minimum absolute atomic E-state index is 0.453. The molecule has 2 rings (SSSR count). The lowest BCUT2D eigenvalue weighted by Gasteiger charge is -2.07. The molecule has 0 saturated heterocycles. The second-order valence-corrected chi connectivity index (χ2v) is 4.65. The van der Waals surface area contributed by atoms with Crippen molar-refractivity contribution in [3.8, 4) is 11.5 Å². The van der Waals surface area contributed by atoms with Gasteiger partial charge in [-0.3, -0.25) is 4.79 Å². The van der Waals surface area contributed by atoms with Gasteiger partial charge in [0.15, 0.2) is 17.5 Å². The van der Waals surface area contributed by atoms with Crippen molar-refractivity contribution in [2.45, 2.75) is 0 Å². The van der Waals surface area contributed by atoms with Crippen molar-refractivity contribution in [1.82, 2.24) is 0 Å². The highest BCUT2D eigenvalue weighted by Gasteiger charge is 2.14. The van der Waals surface area contributed by atoms with E-state index in [9.17, 15) is 18.0 Å². The molecule has 2 aromatic carbocycles. The zero-order valence-electron chi connectivity index (χ0n) is 12.9. The molecule has 0 atom stereocenters. The number of rotatable bonds is 5. The zero-order chi connectivity index (χ0) is 17.7. The molecule has 0 spiro atoms. The largest absolute Gasteiger partial charge is 0.497 e. The van der Waals surface area contributed by atoms with Gasteiger partial charge in [-0.15, -0.1) is 0 Å². The van der Waals surface area contributed by atoms with Crippen LogP contribution >= 0.6 is 0 Å². The van der Waals surface area contributed by atoms with Gasteiger partial charge in [-0.05, 0) is 30.3 Å². The SMILES string of the molecule is COc1ccc(/C=C/C(=O)Nc2ccc(F)c(F)c2F)c(OC)c1. The van der Waals surface area contributed by atoms with Crippen LogP contribution in [0.25, 0.3) is 6.08 Å². The van der Waals surface area contributed by atoms with E-state index in [1.54, 1.807) is 18.2 Å². The van der Waals surface area contributed by atoms with Crippen molar-refractivity contribution in [2.75, 3.05) is 19.5 Å². The number of carbonyl (C=O) groups is 1. The molecule has 0 radical (unpaired) electrons. The van der Waals surface area contributed by atoms with E-state index in [0.29, 0.717) is 17.1 Å². The normalized spacial score (nSPS) is 10.7. The summed E-state index contributed by atoms with van der Waals surface area (Å²) in [6.07, 6.45) is 2.55. The van der Waals surface area contributed by atoms with Crippen LogP contribution in [0.15, 0.2) is 36.4 Å². The van der Waals surface area contributed by atoms with E-state index in [1.165, 1.54) is 20.3 Å². The summed E-state index contributed by atoms with van der Waals surface area (Å²) in [5.41, 5.74) is 0.129. The van der Waals surface area contributed by atoms with E-state index in [1.807, 2.05) is 0 Å². The number of methoxy groups -OCH3 is 2. The second kappa shape index (κ2) is 7.54. The monoisotopic (exact) mass is 337 g/mol. The lowest BCUT2D eigenvalue weighted by Crippen LogP contribution is -2.10. The Kier molecular flexibility index (Phi) is 5.47. The third kappa shape index (κ3) is 3.87. The summed E-state index contributed by atoms with van der Waals surface area (Å²) in [5.74, 6) is -4.09. The molecular formula is C17H14F3NO3. The Morgan fingerprint density at radius 3 is 2.46 bits per heavy atom. The first-order chi connectivity index (χ1) is 11.5. The first-order valence-corrected chi connectivity index (χ1v) is 6.81. The average Bonchev–Trinajstić information content (AvgIpc) is 2.60. The summed E-state index contributed by atoms with van der Waals surface area (Å²) < 4.78 is 49.7. The van der Waals surface area contributed by atoms with Gasteiger partial charge < -0.3 is 14.8 Å². The van der Waals surface area contributed by atoms with Gasteiger partial charge in [0, 0.05) is 17.7 Å². The molecule has 0 saturated carbocycles. The predicted molar refractivity (Wildman–Crippen MR) is 83.5 cm³/mol. The van der Waals surface area contributed by atoms with Crippen molar-refractivity contribution in [1.29, 1.82) is 0 Å². The van der Waals surface area contributed by atoms with E-state index >= 15 is 0 Å². The Hall–Kier alpha value is -2.96. The molecule has 0 heterocycles. The average molecular weight is 337 g/mol. The third-order valence-corrected chi connectivity index (χ3v) is 3.15. The molecule has 2 aromatic rings. The zero-order valence-corrected chi connectivity index (χ0v) is 12.9. The van der Waals surface area contributed by atoms with Gasteiger partial charge in [-0.1, -0.05) is 0 Å².